The molecule has 1 saturated heterocycles. The molecule has 0 spiro atoms. The Labute approximate surface area is 183 Å². The molecule has 8 nitrogen and oxygen atoms in total. The highest BCUT2D eigenvalue weighted by Crippen LogP contribution is 2.35. The summed E-state index contributed by atoms with van der Waals surface area (Å²) in [7, 11) is 3.78. The van der Waals surface area contributed by atoms with Gasteiger partial charge >= 0.3 is 0 Å². The van der Waals surface area contributed by atoms with E-state index in [0.717, 1.165) is 57.2 Å². The lowest BCUT2D eigenvalue weighted by Crippen LogP contribution is -2.40. The number of hydrogen-bond donors (Lipinski definition) is 2. The van der Waals surface area contributed by atoms with Gasteiger partial charge in [-0.1, -0.05) is 23.5 Å². The number of pyridine rings is 1. The first-order valence-electron chi connectivity index (χ1n) is 10.4. The van der Waals surface area contributed by atoms with Crippen molar-refractivity contribution in [2.75, 3.05) is 32.1 Å². The Morgan fingerprint density at radius 3 is 3.00 bits per heavy atom. The van der Waals surface area contributed by atoms with Gasteiger partial charge < -0.3 is 19.9 Å². The lowest BCUT2D eigenvalue weighted by molar-refractivity contribution is 0.0621. The van der Waals surface area contributed by atoms with E-state index in [0.29, 0.717) is 12.1 Å². The molecule has 2 N–H and O–H groups in total. The fourth-order valence-electron chi connectivity index (χ4n) is 4.24. The Balaban J connectivity index is 1.53. The first-order valence-corrected chi connectivity index (χ1v) is 11.2. The molecule has 1 fully saturated rings. The third kappa shape index (κ3) is 3.43. The summed E-state index contributed by atoms with van der Waals surface area (Å²) in [5, 5.41) is 13.4. The monoisotopic (exact) mass is 436 g/mol. The molecule has 0 saturated carbocycles. The summed E-state index contributed by atoms with van der Waals surface area (Å²) >= 11 is 1.51. The van der Waals surface area contributed by atoms with Gasteiger partial charge in [0.15, 0.2) is 5.82 Å². The van der Waals surface area contributed by atoms with Gasteiger partial charge in [-0.25, -0.2) is 15.0 Å². The van der Waals surface area contributed by atoms with Crippen LogP contribution in [0.25, 0.3) is 32.0 Å². The molecule has 1 aromatic carbocycles. The molecule has 0 radical (unpaired) electrons. The second-order valence-electron chi connectivity index (χ2n) is 7.96. The molecule has 1 aliphatic heterocycles. The smallest absolute Gasteiger partial charge is 0.253 e. The van der Waals surface area contributed by atoms with Gasteiger partial charge in [0, 0.05) is 44.9 Å². The molecular formula is C22H24N6O2S. The summed E-state index contributed by atoms with van der Waals surface area (Å²) in [6.45, 7) is 1.46. The van der Waals surface area contributed by atoms with Crippen LogP contribution in [0.2, 0.25) is 0 Å². The largest absolute Gasteiger partial charge is 0.396 e. The van der Waals surface area contributed by atoms with Gasteiger partial charge in [0.1, 0.15) is 26.4 Å². The molecule has 3 aromatic heterocycles. The summed E-state index contributed by atoms with van der Waals surface area (Å²) in [6, 6.07) is 7.62. The number of nitrogens with zero attached hydrogens (tertiary/aromatic N) is 5. The predicted octanol–water partition coefficient (Wildman–Crippen LogP) is 3.13. The molecule has 1 amide bonds. The number of aliphatic hydroxyl groups excluding tert-OH is 1. The number of rotatable bonds is 4. The zero-order valence-corrected chi connectivity index (χ0v) is 18.3. The van der Waals surface area contributed by atoms with Gasteiger partial charge in [-0.3, -0.25) is 4.79 Å². The molecule has 4 heterocycles. The van der Waals surface area contributed by atoms with Crippen molar-refractivity contribution in [1.82, 2.24) is 24.4 Å². The average Bonchev–Trinajstić information content (AvgIpc) is 3.41. The molecule has 5 rings (SSSR count). The van der Waals surface area contributed by atoms with Crippen LogP contribution in [0.4, 0.5) is 5.82 Å². The maximum Gasteiger partial charge on any atom is 0.253 e. The molecule has 1 atom stereocenters. The zero-order valence-electron chi connectivity index (χ0n) is 17.5. The number of aromatic nitrogens is 4. The highest BCUT2D eigenvalue weighted by molar-refractivity contribution is 7.21. The van der Waals surface area contributed by atoms with Gasteiger partial charge in [-0.05, 0) is 30.9 Å². The van der Waals surface area contributed by atoms with Crippen molar-refractivity contribution in [2.24, 2.45) is 13.0 Å². The number of aliphatic hydroxyl groups is 1. The minimum absolute atomic E-state index is 0.00531. The SMILES string of the molecule is CNc1nc2sc(-c3cccc(C(=O)N4CCCC(CO)C4)c3)nc2c2c1ncn2C. The van der Waals surface area contributed by atoms with Crippen LogP contribution in [0, 0.1) is 5.92 Å². The molecule has 9 heteroatoms. The Morgan fingerprint density at radius 2 is 2.19 bits per heavy atom. The summed E-state index contributed by atoms with van der Waals surface area (Å²) in [5.74, 6) is 0.899. The number of hydrogen-bond acceptors (Lipinski definition) is 7. The predicted molar refractivity (Wildman–Crippen MR) is 122 cm³/mol. The topological polar surface area (TPSA) is 96.2 Å². The Bertz CT molecular complexity index is 1280. The Kier molecular flexibility index (Phi) is 5.07. The number of thiazole rings is 1. The number of imidazole rings is 1. The number of benzene rings is 1. The second-order valence-corrected chi connectivity index (χ2v) is 8.94. The van der Waals surface area contributed by atoms with E-state index in [-0.39, 0.29) is 18.4 Å². The lowest BCUT2D eigenvalue weighted by Gasteiger charge is -2.32. The standard InChI is InChI=1S/C22H24N6O2S/c1-23-19-16-18(27(2)12-24-16)17-21(26-19)31-20(25-17)14-6-3-7-15(9-14)22(30)28-8-4-5-13(10-28)11-29/h3,6-7,9,12-13,29H,4-5,8,10-11H2,1-2H3,(H,23,26). The third-order valence-electron chi connectivity index (χ3n) is 5.87. The fourth-order valence-corrected chi connectivity index (χ4v) is 5.18. The van der Waals surface area contributed by atoms with Crippen LogP contribution in [-0.4, -0.2) is 62.2 Å². The maximum absolute atomic E-state index is 13.1. The van der Waals surface area contributed by atoms with Crippen LogP contribution < -0.4 is 5.32 Å². The molecule has 0 aliphatic carbocycles. The van der Waals surface area contributed by atoms with Crippen LogP contribution in [0.5, 0.6) is 0 Å². The maximum atomic E-state index is 13.1. The van der Waals surface area contributed by atoms with Crippen molar-refractivity contribution in [3.05, 3.63) is 36.2 Å². The number of anilines is 1. The van der Waals surface area contributed by atoms with E-state index >= 15 is 0 Å². The van der Waals surface area contributed by atoms with Crippen molar-refractivity contribution < 1.29 is 9.90 Å². The van der Waals surface area contributed by atoms with E-state index in [1.54, 1.807) is 6.33 Å². The van der Waals surface area contributed by atoms with E-state index in [1.807, 2.05) is 47.8 Å². The van der Waals surface area contributed by atoms with Crippen LogP contribution in [0.1, 0.15) is 23.2 Å². The number of aryl methyl sites for hydroxylation is 1. The molecule has 4 aromatic rings. The lowest BCUT2D eigenvalue weighted by atomic mass is 9.98. The fraction of sp³-hybridized carbons (Fsp3) is 0.364. The normalized spacial score (nSPS) is 16.9. The van der Waals surface area contributed by atoms with Crippen molar-refractivity contribution in [2.45, 2.75) is 12.8 Å². The number of amides is 1. The van der Waals surface area contributed by atoms with E-state index in [4.69, 9.17) is 9.97 Å². The Morgan fingerprint density at radius 1 is 1.32 bits per heavy atom. The first-order chi connectivity index (χ1) is 15.1. The van der Waals surface area contributed by atoms with Crippen molar-refractivity contribution in [1.29, 1.82) is 0 Å². The number of fused-ring (bicyclic) bond motifs is 3. The van der Waals surface area contributed by atoms with Gasteiger partial charge in [0.05, 0.1) is 6.33 Å². The third-order valence-corrected chi connectivity index (χ3v) is 6.86. The highest BCUT2D eigenvalue weighted by Gasteiger charge is 2.24. The van der Waals surface area contributed by atoms with E-state index in [9.17, 15) is 9.90 Å². The molecule has 0 bridgehead atoms. The van der Waals surface area contributed by atoms with Crippen molar-refractivity contribution in [3.63, 3.8) is 0 Å². The summed E-state index contributed by atoms with van der Waals surface area (Å²) in [4.78, 5) is 29.8. The van der Waals surface area contributed by atoms with Crippen LogP contribution >= 0.6 is 11.3 Å². The number of likely N-dealkylation sites (tertiary alicyclic amines) is 1. The minimum atomic E-state index is 0.00531. The summed E-state index contributed by atoms with van der Waals surface area (Å²) < 4.78 is 1.96. The number of piperidine rings is 1. The molecule has 160 valence electrons. The van der Waals surface area contributed by atoms with E-state index in [2.05, 4.69) is 10.3 Å². The number of nitrogens with one attached hydrogen (secondary N) is 1. The van der Waals surface area contributed by atoms with Gasteiger partial charge in [0.25, 0.3) is 5.91 Å². The second kappa shape index (κ2) is 7.90. The van der Waals surface area contributed by atoms with Crippen LogP contribution in [0.15, 0.2) is 30.6 Å². The van der Waals surface area contributed by atoms with E-state index in [1.165, 1.54) is 11.3 Å². The zero-order chi connectivity index (χ0) is 21.5. The highest BCUT2D eigenvalue weighted by atomic mass is 32.1. The quantitative estimate of drug-likeness (QED) is 0.510. The van der Waals surface area contributed by atoms with Crippen molar-refractivity contribution in [3.8, 4) is 10.6 Å². The van der Waals surface area contributed by atoms with Crippen LogP contribution in [-0.2, 0) is 7.05 Å². The first kappa shape index (κ1) is 19.9. The molecule has 1 aliphatic rings. The molecule has 31 heavy (non-hydrogen) atoms. The molecule has 1 unspecified atom stereocenters. The van der Waals surface area contributed by atoms with Crippen LogP contribution in [0.3, 0.4) is 0 Å². The Hall–Kier alpha value is -3.04. The van der Waals surface area contributed by atoms with E-state index < -0.39 is 0 Å². The van der Waals surface area contributed by atoms with Crippen molar-refractivity contribution >= 4 is 44.4 Å². The van der Waals surface area contributed by atoms with Gasteiger partial charge in [-0.2, -0.15) is 0 Å². The number of carbonyl (C=O) groups excluding carboxylic acids is 1. The summed E-state index contributed by atoms with van der Waals surface area (Å²) in [5.41, 5.74) is 4.08. The minimum Gasteiger partial charge on any atom is -0.396 e. The number of carbonyl (C=O) groups is 1. The van der Waals surface area contributed by atoms with Gasteiger partial charge in [0.2, 0.25) is 0 Å². The molecular weight excluding hydrogens is 412 g/mol. The average molecular weight is 437 g/mol. The summed E-state index contributed by atoms with van der Waals surface area (Å²) in [6.07, 6.45) is 3.66. The van der Waals surface area contributed by atoms with Gasteiger partial charge in [-0.15, -0.1) is 0 Å².